The molecule has 9 aliphatic carbocycles. The minimum Gasteiger partial charge on any atom is -0.343 e. The van der Waals surface area contributed by atoms with Gasteiger partial charge in [-0.1, -0.05) is 231 Å². The number of rotatable bonds is 21. The van der Waals surface area contributed by atoms with Gasteiger partial charge in [0.1, 0.15) is 0 Å². The Morgan fingerprint density at radius 1 is 0.352 bits per heavy atom. The van der Waals surface area contributed by atoms with E-state index in [2.05, 4.69) is 184 Å². The summed E-state index contributed by atoms with van der Waals surface area (Å²) >= 11 is -1.04. The van der Waals surface area contributed by atoms with Gasteiger partial charge in [-0.05, 0) is 229 Å². The molecule has 0 aliphatic heterocycles. The molecule has 9 aliphatic rings. The Morgan fingerprint density at radius 3 is 0.636 bits per heavy atom. The third-order valence-electron chi connectivity index (χ3n) is 19.4. The molecule has 0 aromatic carbocycles. The monoisotopic (exact) mass is 1330 g/mol. The zero-order valence-corrected chi connectivity index (χ0v) is 67.9. The van der Waals surface area contributed by atoms with Crippen molar-refractivity contribution < 1.29 is 39.0 Å². The van der Waals surface area contributed by atoms with E-state index in [1.165, 1.54) is 179 Å². The summed E-state index contributed by atoms with van der Waals surface area (Å²) in [6.45, 7) is 34.5. The van der Waals surface area contributed by atoms with Gasteiger partial charge in [-0.25, -0.2) is 0 Å². The molecule has 0 fully saturated rings. The van der Waals surface area contributed by atoms with Crippen LogP contribution >= 0.6 is 0 Å². The van der Waals surface area contributed by atoms with E-state index in [0.29, 0.717) is 11.8 Å². The number of allylic oxidation sites excluding steroid dienone is 20. The van der Waals surface area contributed by atoms with E-state index in [0.717, 1.165) is 66.1 Å². The molecular weight excluding hydrogens is 1190 g/mol. The Kier molecular flexibility index (Phi) is 61.0. The minimum atomic E-state index is -0.519. The third-order valence-corrected chi connectivity index (χ3v) is 26.3. The van der Waals surface area contributed by atoms with Crippen LogP contribution in [0.4, 0.5) is 0 Å². The van der Waals surface area contributed by atoms with Crippen molar-refractivity contribution >= 4 is 28.3 Å². The third kappa shape index (κ3) is 52.8. The normalized spacial score (nSPS) is 25.3. The maximum Gasteiger partial charge on any atom is 2.00 e. The Bertz CT molecular complexity index is 1620. The second-order valence-electron chi connectivity index (χ2n) is 29.3. The molecule has 0 aromatic heterocycles. The Balaban J connectivity index is 0.00000110. The van der Waals surface area contributed by atoms with Gasteiger partial charge in [0.25, 0.3) is 28.3 Å². The summed E-state index contributed by atoms with van der Waals surface area (Å²) in [5, 5.41) is 9.85. The van der Waals surface area contributed by atoms with Crippen LogP contribution in [0.3, 0.4) is 0 Å². The molecule has 0 spiro atoms. The number of hydrogen-bond acceptors (Lipinski definition) is 0. The van der Waals surface area contributed by atoms with Crippen molar-refractivity contribution in [3.63, 3.8) is 0 Å². The second-order valence-corrected chi connectivity index (χ2v) is 36.2. The number of hydrogen-bond donors (Lipinski definition) is 0. The Hall–Kier alpha value is -0.548. The van der Waals surface area contributed by atoms with Gasteiger partial charge in [0.05, 0.1) is 0 Å². The standard InChI is InChI=1S/8C8H13.C8H12.2C4H9.C4H8.2Al.2Zn/c9*1-2-8-6-4-3-5-7-8;3*1-4(2)3;;;;/h8*3-4,8H,1-2,5-7H2;2-4,8H,1,5-7H2;2*4H,1H2,2-3H3;1H2,2-3H3;;;;/q;;;;;;2*-1;;2*-1;;;;2*+2. The van der Waals surface area contributed by atoms with E-state index in [4.69, 9.17) is 0 Å². The first-order chi connectivity index (χ1) is 41.8. The molecule has 0 aromatic rings. The quantitative estimate of drug-likeness (QED) is 0.0610. The van der Waals surface area contributed by atoms with Crippen LogP contribution in [0, 0.1) is 92.8 Å². The van der Waals surface area contributed by atoms with Gasteiger partial charge in [0, 0.05) is 0 Å². The van der Waals surface area contributed by atoms with E-state index in [1.807, 2.05) is 13.8 Å². The molecule has 9 rings (SSSR count). The van der Waals surface area contributed by atoms with Crippen LogP contribution in [-0.4, -0.2) is 28.3 Å². The van der Waals surface area contributed by atoms with Crippen LogP contribution in [-0.2, 0) is 39.0 Å². The average Bonchev–Trinajstić information content (AvgIpc) is 3.56. The van der Waals surface area contributed by atoms with Gasteiger partial charge in [-0.2, -0.15) is 24.7 Å². The summed E-state index contributed by atoms with van der Waals surface area (Å²) in [5.74, 6) is 9.85. The predicted octanol–water partition coefficient (Wildman–Crippen LogP) is 27.6. The topological polar surface area (TPSA) is 0 Å². The smallest absolute Gasteiger partial charge is 0.343 e. The van der Waals surface area contributed by atoms with Gasteiger partial charge in [0.15, 0.2) is 0 Å². The maximum atomic E-state index is 3.88. The van der Waals surface area contributed by atoms with E-state index >= 15 is 0 Å². The van der Waals surface area contributed by atoms with Crippen molar-refractivity contribution in [2.75, 3.05) is 0 Å². The van der Waals surface area contributed by atoms with Crippen molar-refractivity contribution in [3.8, 4) is 0 Å². The molecule has 0 nitrogen and oxygen atoms in total. The summed E-state index contributed by atoms with van der Waals surface area (Å²) < 4.78 is 0. The van der Waals surface area contributed by atoms with Crippen LogP contribution in [0.5, 0.6) is 0 Å². The summed E-state index contributed by atoms with van der Waals surface area (Å²) in [6, 6.07) is 0. The molecule has 4 heteroatoms. The fourth-order valence-corrected chi connectivity index (χ4v) is 21.1. The molecule has 0 N–H and O–H groups in total. The molecule has 0 saturated carbocycles. The minimum absolute atomic E-state index is 0. The van der Waals surface area contributed by atoms with Crippen LogP contribution < -0.4 is 0 Å². The molecule has 9 unspecified atom stereocenters. The molecule has 0 saturated heterocycles. The van der Waals surface area contributed by atoms with Crippen LogP contribution in [0.1, 0.15) is 266 Å². The first-order valence-corrected chi connectivity index (χ1v) is 42.0. The summed E-state index contributed by atoms with van der Waals surface area (Å²) in [5.41, 5.74) is 1.17. The first kappa shape index (κ1) is 87.5. The largest absolute Gasteiger partial charge is 2.00 e. The van der Waals surface area contributed by atoms with Crippen molar-refractivity contribution in [2.24, 2.45) is 65.1 Å². The zero-order chi connectivity index (χ0) is 62.5. The molecule has 0 radical (unpaired) electrons. The molecule has 88 heavy (non-hydrogen) atoms. The summed E-state index contributed by atoms with van der Waals surface area (Å²) in [6.07, 6.45) is 93.1. The van der Waals surface area contributed by atoms with Gasteiger partial charge in [-0.3, -0.25) is 0 Å². The predicted molar refractivity (Wildman–Crippen MR) is 397 cm³/mol. The molecule has 0 amide bonds. The molecule has 9 atom stereocenters. The molecule has 488 valence electrons. The molecule has 0 heterocycles. The fraction of sp³-hybridized carbons (Fsp3) is 0.690. The molecule has 0 bridgehead atoms. The van der Waals surface area contributed by atoms with Crippen molar-refractivity contribution in [1.29, 1.82) is 0 Å². The summed E-state index contributed by atoms with van der Waals surface area (Å²) in [4.78, 5) is 0. The van der Waals surface area contributed by atoms with Crippen molar-refractivity contribution in [1.82, 2.24) is 0 Å². The first-order valence-electron chi connectivity index (χ1n) is 37.1. The summed E-state index contributed by atoms with van der Waals surface area (Å²) in [7, 11) is 0. The zero-order valence-electron chi connectivity index (χ0n) is 59.6. The van der Waals surface area contributed by atoms with Crippen molar-refractivity contribution in [2.45, 2.75) is 298 Å². The van der Waals surface area contributed by atoms with Crippen molar-refractivity contribution in [3.05, 3.63) is 162 Å². The van der Waals surface area contributed by atoms with E-state index in [1.54, 1.807) is 70.2 Å². The van der Waals surface area contributed by atoms with Gasteiger partial charge in [0.2, 0.25) is 0 Å². The Labute approximate surface area is 587 Å². The van der Waals surface area contributed by atoms with E-state index < -0.39 is 28.3 Å². The second kappa shape index (κ2) is 61.3. The molecular formula is C84H142Al2Zn2. The van der Waals surface area contributed by atoms with Crippen LogP contribution in [0.15, 0.2) is 134 Å². The van der Waals surface area contributed by atoms with E-state index in [9.17, 15) is 0 Å². The SMILES string of the molecule is C1=CCC(C[CH2][Al]([CH2]CC2CC=CCC2)[CH2]CC2CC=CCC2)CC1.C1=CCC(C[CH2][Al]([CH2]CC2CC=CCC2)[CH2]CC2CC=CCC2)CC1.C=C(C)C.C=CC1CC=CCC1.[CH2-]C(C)C.[CH2-]C(C)C.[CH2-]CC1CC=CCC1.[CH2-]CC1CC=CCC1.[Zn+2].[Zn+2]. The van der Waals surface area contributed by atoms with Crippen LogP contribution in [0.2, 0.25) is 31.7 Å². The van der Waals surface area contributed by atoms with Gasteiger partial charge in [-0.15, -0.1) is 13.2 Å². The average molecular weight is 1340 g/mol. The Morgan fingerprint density at radius 2 is 0.523 bits per heavy atom. The van der Waals surface area contributed by atoms with Gasteiger partial charge >= 0.3 is 39.0 Å². The maximum absolute atomic E-state index is 3.88. The van der Waals surface area contributed by atoms with Crippen LogP contribution in [0.25, 0.3) is 0 Å². The van der Waals surface area contributed by atoms with Gasteiger partial charge < -0.3 is 27.7 Å². The van der Waals surface area contributed by atoms with E-state index in [-0.39, 0.29) is 39.0 Å². The fourth-order valence-electron chi connectivity index (χ4n) is 13.7.